The molecule has 1 fully saturated rings. The summed E-state index contributed by atoms with van der Waals surface area (Å²) in [5.41, 5.74) is 0.999. The van der Waals surface area contributed by atoms with Gasteiger partial charge in [0.1, 0.15) is 0 Å². The fraction of sp³-hybridized carbons (Fsp3) is 0.533. The van der Waals surface area contributed by atoms with E-state index in [0.717, 1.165) is 41.0 Å². The summed E-state index contributed by atoms with van der Waals surface area (Å²) in [6.45, 7) is 4.30. The number of carbonyl (C=O) groups excluding carboxylic acids is 1. The smallest absolute Gasteiger partial charge is 0.239 e. The maximum absolute atomic E-state index is 12.3. The van der Waals surface area contributed by atoms with Gasteiger partial charge in [0, 0.05) is 29.1 Å². The molecule has 0 aromatic heterocycles. The highest BCUT2D eigenvalue weighted by atomic mass is 79.9. The largest absolute Gasteiger partial charge is 0.341 e. The molecule has 1 aliphatic heterocycles. The van der Waals surface area contributed by atoms with Crippen molar-refractivity contribution in [3.63, 3.8) is 0 Å². The molecule has 1 aromatic carbocycles. The fourth-order valence-corrected chi connectivity index (χ4v) is 3.01. The predicted molar refractivity (Wildman–Crippen MR) is 85.9 cm³/mol. The van der Waals surface area contributed by atoms with E-state index in [1.54, 1.807) is 0 Å². The minimum absolute atomic E-state index is 0.178. The van der Waals surface area contributed by atoms with E-state index >= 15 is 0 Å². The maximum atomic E-state index is 12.3. The number of amides is 1. The lowest BCUT2D eigenvalue weighted by molar-refractivity contribution is -0.133. The SMILES string of the molecule is CC(NCc1cc(Br)ccc1Cl)C(=O)N1CCCCC1. The maximum Gasteiger partial charge on any atom is 0.239 e. The molecule has 1 heterocycles. The third-order valence-corrected chi connectivity index (χ3v) is 4.51. The van der Waals surface area contributed by atoms with E-state index in [1.165, 1.54) is 6.42 Å². The molecule has 110 valence electrons. The topological polar surface area (TPSA) is 32.3 Å². The highest BCUT2D eigenvalue weighted by Crippen LogP contribution is 2.21. The molecule has 2 rings (SSSR count). The van der Waals surface area contributed by atoms with Crippen LogP contribution in [0.1, 0.15) is 31.7 Å². The number of nitrogens with one attached hydrogen (secondary N) is 1. The van der Waals surface area contributed by atoms with E-state index < -0.39 is 0 Å². The van der Waals surface area contributed by atoms with Crippen molar-refractivity contribution in [3.8, 4) is 0 Å². The van der Waals surface area contributed by atoms with Gasteiger partial charge in [0.15, 0.2) is 0 Å². The van der Waals surface area contributed by atoms with E-state index in [2.05, 4.69) is 21.2 Å². The third kappa shape index (κ3) is 4.21. The average Bonchev–Trinajstić information content (AvgIpc) is 2.48. The van der Waals surface area contributed by atoms with Gasteiger partial charge in [0.2, 0.25) is 5.91 Å². The van der Waals surface area contributed by atoms with Crippen molar-refractivity contribution in [2.24, 2.45) is 0 Å². The summed E-state index contributed by atoms with van der Waals surface area (Å²) in [6, 6.07) is 5.57. The lowest BCUT2D eigenvalue weighted by atomic mass is 10.1. The Balaban J connectivity index is 1.89. The number of piperidine rings is 1. The van der Waals surface area contributed by atoms with Gasteiger partial charge >= 0.3 is 0 Å². The quantitative estimate of drug-likeness (QED) is 0.891. The minimum Gasteiger partial charge on any atom is -0.341 e. The number of carbonyl (C=O) groups is 1. The molecule has 0 bridgehead atoms. The number of halogens is 2. The van der Waals surface area contributed by atoms with Crippen molar-refractivity contribution in [3.05, 3.63) is 33.3 Å². The number of hydrogen-bond acceptors (Lipinski definition) is 2. The molecule has 1 atom stereocenters. The molecule has 1 aromatic rings. The summed E-state index contributed by atoms with van der Waals surface area (Å²) < 4.78 is 0.994. The van der Waals surface area contributed by atoms with Crippen molar-refractivity contribution in [2.45, 2.75) is 38.8 Å². The minimum atomic E-state index is -0.178. The Morgan fingerprint density at radius 2 is 2.10 bits per heavy atom. The molecular weight excluding hydrogens is 340 g/mol. The van der Waals surface area contributed by atoms with Gasteiger partial charge in [-0.3, -0.25) is 4.79 Å². The van der Waals surface area contributed by atoms with E-state index in [1.807, 2.05) is 30.0 Å². The van der Waals surface area contributed by atoms with Crippen LogP contribution in [0.15, 0.2) is 22.7 Å². The van der Waals surface area contributed by atoms with Crippen LogP contribution in [-0.2, 0) is 11.3 Å². The van der Waals surface area contributed by atoms with Crippen LogP contribution in [0.25, 0.3) is 0 Å². The molecule has 5 heteroatoms. The lowest BCUT2D eigenvalue weighted by Crippen LogP contribution is -2.46. The molecule has 1 unspecified atom stereocenters. The van der Waals surface area contributed by atoms with Gasteiger partial charge in [0.25, 0.3) is 0 Å². The summed E-state index contributed by atoms with van der Waals surface area (Å²) >= 11 is 9.59. The molecule has 1 aliphatic rings. The van der Waals surface area contributed by atoms with E-state index in [-0.39, 0.29) is 11.9 Å². The van der Waals surface area contributed by atoms with Crippen LogP contribution in [0.5, 0.6) is 0 Å². The number of rotatable bonds is 4. The summed E-state index contributed by atoms with van der Waals surface area (Å²) in [5, 5.41) is 3.99. The third-order valence-electron chi connectivity index (χ3n) is 3.64. The Morgan fingerprint density at radius 1 is 1.40 bits per heavy atom. The van der Waals surface area contributed by atoms with E-state index in [9.17, 15) is 4.79 Å². The average molecular weight is 360 g/mol. The summed E-state index contributed by atoms with van der Waals surface area (Å²) in [5.74, 6) is 0.191. The zero-order valence-electron chi connectivity index (χ0n) is 11.7. The van der Waals surface area contributed by atoms with E-state index in [4.69, 9.17) is 11.6 Å². The molecule has 1 amide bonds. The van der Waals surface area contributed by atoms with Crippen molar-refractivity contribution in [2.75, 3.05) is 13.1 Å². The monoisotopic (exact) mass is 358 g/mol. The van der Waals surface area contributed by atoms with Gasteiger partial charge in [-0.25, -0.2) is 0 Å². The second-order valence-corrected chi connectivity index (χ2v) is 6.55. The van der Waals surface area contributed by atoms with Gasteiger partial charge in [-0.15, -0.1) is 0 Å². The zero-order valence-corrected chi connectivity index (χ0v) is 14.0. The number of benzene rings is 1. The van der Waals surface area contributed by atoms with Gasteiger partial charge in [-0.1, -0.05) is 27.5 Å². The van der Waals surface area contributed by atoms with Crippen LogP contribution in [0, 0.1) is 0 Å². The van der Waals surface area contributed by atoms with Crippen molar-refractivity contribution in [1.82, 2.24) is 10.2 Å². The molecule has 0 spiro atoms. The van der Waals surface area contributed by atoms with Crippen LogP contribution in [0.2, 0.25) is 5.02 Å². The van der Waals surface area contributed by atoms with Crippen molar-refractivity contribution >= 4 is 33.4 Å². The first-order valence-electron chi connectivity index (χ1n) is 7.04. The van der Waals surface area contributed by atoms with Gasteiger partial charge < -0.3 is 10.2 Å². The normalized spacial score (nSPS) is 17.1. The number of nitrogens with zero attached hydrogens (tertiary/aromatic N) is 1. The summed E-state index contributed by atoms with van der Waals surface area (Å²) in [6.07, 6.45) is 3.48. The first kappa shape index (κ1) is 15.8. The number of likely N-dealkylation sites (tertiary alicyclic amines) is 1. The Kier molecular flexibility index (Phi) is 5.87. The Labute approximate surface area is 133 Å². The Hall–Kier alpha value is -0.580. The van der Waals surface area contributed by atoms with Crippen LogP contribution in [0.3, 0.4) is 0 Å². The van der Waals surface area contributed by atoms with Crippen LogP contribution in [-0.4, -0.2) is 29.9 Å². The van der Waals surface area contributed by atoms with Gasteiger partial charge in [-0.2, -0.15) is 0 Å². The predicted octanol–water partition coefficient (Wildman–Crippen LogP) is 3.59. The Bertz CT molecular complexity index is 475. The molecular formula is C15H20BrClN2O. The molecule has 1 saturated heterocycles. The second-order valence-electron chi connectivity index (χ2n) is 5.22. The Morgan fingerprint density at radius 3 is 2.80 bits per heavy atom. The fourth-order valence-electron chi connectivity index (χ4n) is 2.42. The van der Waals surface area contributed by atoms with Crippen LogP contribution >= 0.6 is 27.5 Å². The van der Waals surface area contributed by atoms with Crippen LogP contribution in [0.4, 0.5) is 0 Å². The molecule has 1 N–H and O–H groups in total. The highest BCUT2D eigenvalue weighted by Gasteiger charge is 2.21. The van der Waals surface area contributed by atoms with Gasteiger partial charge in [0.05, 0.1) is 6.04 Å². The summed E-state index contributed by atoms with van der Waals surface area (Å²) in [4.78, 5) is 14.3. The first-order chi connectivity index (χ1) is 9.58. The molecule has 3 nitrogen and oxygen atoms in total. The van der Waals surface area contributed by atoms with Crippen molar-refractivity contribution in [1.29, 1.82) is 0 Å². The van der Waals surface area contributed by atoms with Crippen molar-refractivity contribution < 1.29 is 4.79 Å². The standard InChI is InChI=1S/C15H20BrClN2O/c1-11(15(20)19-7-3-2-4-8-19)18-10-12-9-13(16)5-6-14(12)17/h5-6,9,11,18H,2-4,7-8,10H2,1H3. The highest BCUT2D eigenvalue weighted by molar-refractivity contribution is 9.10. The molecule has 0 aliphatic carbocycles. The number of hydrogen-bond donors (Lipinski definition) is 1. The lowest BCUT2D eigenvalue weighted by Gasteiger charge is -2.29. The molecule has 20 heavy (non-hydrogen) atoms. The van der Waals surface area contributed by atoms with Gasteiger partial charge in [-0.05, 0) is 49.9 Å². The van der Waals surface area contributed by atoms with Crippen LogP contribution < -0.4 is 5.32 Å². The molecule has 0 radical (unpaired) electrons. The zero-order chi connectivity index (χ0) is 14.5. The summed E-state index contributed by atoms with van der Waals surface area (Å²) in [7, 11) is 0. The molecule has 0 saturated carbocycles. The van der Waals surface area contributed by atoms with E-state index in [0.29, 0.717) is 6.54 Å². The first-order valence-corrected chi connectivity index (χ1v) is 8.21. The second kappa shape index (κ2) is 7.43.